The third-order valence-corrected chi connectivity index (χ3v) is 5.28. The van der Waals surface area contributed by atoms with Crippen LogP contribution in [-0.2, 0) is 4.74 Å². The fourth-order valence-corrected chi connectivity index (χ4v) is 3.70. The van der Waals surface area contributed by atoms with E-state index in [-0.39, 0.29) is 17.5 Å². The third-order valence-electron chi connectivity index (χ3n) is 4.05. The second-order valence-electron chi connectivity index (χ2n) is 6.24. The highest BCUT2D eigenvalue weighted by atomic mass is 32.1. The zero-order chi connectivity index (χ0) is 17.3. The van der Waals surface area contributed by atoms with Crippen molar-refractivity contribution in [3.05, 3.63) is 49.8 Å². The van der Waals surface area contributed by atoms with E-state index in [1.807, 2.05) is 11.4 Å². The van der Waals surface area contributed by atoms with E-state index in [1.54, 1.807) is 23.2 Å². The van der Waals surface area contributed by atoms with Crippen molar-refractivity contribution in [3.63, 3.8) is 0 Å². The fraction of sp³-hybridized carbons (Fsp3) is 0.471. The van der Waals surface area contributed by atoms with Crippen LogP contribution in [0.5, 0.6) is 0 Å². The zero-order valence-electron chi connectivity index (χ0n) is 14.0. The Morgan fingerprint density at radius 3 is 2.92 bits per heavy atom. The van der Waals surface area contributed by atoms with Gasteiger partial charge in [0, 0.05) is 22.9 Å². The van der Waals surface area contributed by atoms with Crippen molar-refractivity contribution in [2.24, 2.45) is 0 Å². The summed E-state index contributed by atoms with van der Waals surface area (Å²) in [5, 5.41) is 1.90. The van der Waals surface area contributed by atoms with E-state index in [0.717, 1.165) is 0 Å². The molecule has 1 atom stereocenters. The van der Waals surface area contributed by atoms with E-state index in [2.05, 4.69) is 23.8 Å². The number of hydrogen-bond donors (Lipinski definition) is 1. The Labute approximate surface area is 144 Å². The van der Waals surface area contributed by atoms with Gasteiger partial charge in [-0.15, -0.1) is 11.3 Å². The maximum atomic E-state index is 13.0. The Morgan fingerprint density at radius 2 is 2.25 bits per heavy atom. The summed E-state index contributed by atoms with van der Waals surface area (Å²) < 4.78 is 5.53. The van der Waals surface area contributed by atoms with Crippen LogP contribution < -0.4 is 5.56 Å². The number of nitrogens with one attached hydrogen (secondary N) is 1. The summed E-state index contributed by atoms with van der Waals surface area (Å²) >= 11 is 1.60. The minimum absolute atomic E-state index is 0.0359. The van der Waals surface area contributed by atoms with Crippen molar-refractivity contribution in [3.8, 4) is 0 Å². The average Bonchev–Trinajstić information content (AvgIpc) is 3.03. The monoisotopic (exact) mass is 347 g/mol. The quantitative estimate of drug-likeness (QED) is 0.925. The molecule has 0 spiro atoms. The largest absolute Gasteiger partial charge is 0.377 e. The lowest BCUT2D eigenvalue weighted by Gasteiger charge is -2.35. The number of aryl methyl sites for hydroxylation is 1. The lowest BCUT2D eigenvalue weighted by Crippen LogP contribution is -2.44. The zero-order valence-corrected chi connectivity index (χ0v) is 14.9. The van der Waals surface area contributed by atoms with Crippen molar-refractivity contribution >= 4 is 17.2 Å². The third kappa shape index (κ3) is 3.42. The number of carbonyl (C=O) groups is 1. The number of aromatic amines is 1. The summed E-state index contributed by atoms with van der Waals surface area (Å²) in [6.45, 7) is 7.29. The van der Waals surface area contributed by atoms with Gasteiger partial charge < -0.3 is 14.6 Å². The second-order valence-corrected chi connectivity index (χ2v) is 7.18. The lowest BCUT2D eigenvalue weighted by molar-refractivity contribution is -0.00398. The minimum atomic E-state index is -0.338. The molecule has 2 aromatic heterocycles. The summed E-state index contributed by atoms with van der Waals surface area (Å²) in [5.74, 6) is 0.897. The number of nitrogens with zero attached hydrogens (tertiary/aromatic N) is 2. The number of carbonyl (C=O) groups excluding carboxylic acids is 1. The van der Waals surface area contributed by atoms with Crippen molar-refractivity contribution in [1.29, 1.82) is 0 Å². The smallest absolute Gasteiger partial charge is 0.255 e. The first kappa shape index (κ1) is 16.9. The first-order valence-electron chi connectivity index (χ1n) is 8.00. The number of rotatable bonds is 3. The van der Waals surface area contributed by atoms with E-state index in [9.17, 15) is 9.59 Å². The Bertz CT molecular complexity index is 796. The Morgan fingerprint density at radius 1 is 1.46 bits per heavy atom. The molecule has 1 N–H and O–H groups in total. The van der Waals surface area contributed by atoms with Gasteiger partial charge in [0.1, 0.15) is 5.82 Å². The highest BCUT2D eigenvalue weighted by Crippen LogP contribution is 2.28. The Kier molecular flexibility index (Phi) is 4.82. The lowest BCUT2D eigenvalue weighted by atomic mass is 10.1. The molecule has 128 valence electrons. The van der Waals surface area contributed by atoms with Crippen LogP contribution in [0.15, 0.2) is 22.3 Å². The number of H-pyrrole nitrogens is 1. The molecule has 1 aliphatic heterocycles. The van der Waals surface area contributed by atoms with Crippen LogP contribution in [0.25, 0.3) is 0 Å². The highest BCUT2D eigenvalue weighted by molar-refractivity contribution is 7.10. The van der Waals surface area contributed by atoms with Crippen LogP contribution >= 0.6 is 11.3 Å². The van der Waals surface area contributed by atoms with Crippen molar-refractivity contribution in [1.82, 2.24) is 14.9 Å². The molecule has 1 saturated heterocycles. The summed E-state index contributed by atoms with van der Waals surface area (Å²) in [5.41, 5.74) is 1.05. The standard InChI is InChI=1S/C17H21N3O3S/c1-10(2)15-6-12(9-24-15)17(22)20-4-5-23-8-14(20)13-7-16(21)19-11(3)18-13/h6-7,9-10,14H,4-5,8H2,1-3H3,(H,18,19,21)/t14-/m1/s1. The predicted molar refractivity (Wildman–Crippen MR) is 92.6 cm³/mol. The number of morpholine rings is 1. The first-order valence-corrected chi connectivity index (χ1v) is 8.88. The topological polar surface area (TPSA) is 75.3 Å². The molecular formula is C17H21N3O3S. The average molecular weight is 347 g/mol. The summed E-state index contributed by atoms with van der Waals surface area (Å²) in [6.07, 6.45) is 0. The molecule has 3 heterocycles. The number of amides is 1. The van der Waals surface area contributed by atoms with E-state index in [1.165, 1.54) is 10.9 Å². The normalized spacial score (nSPS) is 18.2. The van der Waals surface area contributed by atoms with E-state index < -0.39 is 0 Å². The van der Waals surface area contributed by atoms with Crippen LogP contribution in [0.2, 0.25) is 0 Å². The number of ether oxygens (including phenoxy) is 1. The van der Waals surface area contributed by atoms with Crippen LogP contribution in [0.1, 0.15) is 52.6 Å². The van der Waals surface area contributed by atoms with Gasteiger partial charge in [0.15, 0.2) is 0 Å². The Balaban J connectivity index is 1.91. The van der Waals surface area contributed by atoms with Gasteiger partial charge in [-0.2, -0.15) is 0 Å². The van der Waals surface area contributed by atoms with Gasteiger partial charge >= 0.3 is 0 Å². The molecule has 1 fully saturated rings. The van der Waals surface area contributed by atoms with Gasteiger partial charge in [0.05, 0.1) is 30.5 Å². The first-order chi connectivity index (χ1) is 11.5. The second kappa shape index (κ2) is 6.86. The van der Waals surface area contributed by atoms with Crippen molar-refractivity contribution in [2.75, 3.05) is 19.8 Å². The molecule has 1 aliphatic rings. The van der Waals surface area contributed by atoms with Crippen LogP contribution in [-0.4, -0.2) is 40.5 Å². The van der Waals surface area contributed by atoms with Crippen molar-refractivity contribution < 1.29 is 9.53 Å². The molecule has 3 rings (SSSR count). The molecule has 0 bridgehead atoms. The highest BCUT2D eigenvalue weighted by Gasteiger charge is 2.31. The molecule has 0 saturated carbocycles. The molecular weight excluding hydrogens is 326 g/mol. The number of aromatic nitrogens is 2. The molecule has 0 unspecified atom stereocenters. The molecule has 0 radical (unpaired) electrons. The van der Waals surface area contributed by atoms with Crippen LogP contribution in [0.3, 0.4) is 0 Å². The summed E-state index contributed by atoms with van der Waals surface area (Å²) in [4.78, 5) is 34.7. The van der Waals surface area contributed by atoms with Gasteiger partial charge in [0.2, 0.25) is 0 Å². The SMILES string of the molecule is Cc1nc([C@H]2COCCN2C(=O)c2csc(C(C)C)c2)cc(=O)[nH]1. The van der Waals surface area contributed by atoms with E-state index in [4.69, 9.17) is 4.74 Å². The van der Waals surface area contributed by atoms with Crippen molar-refractivity contribution in [2.45, 2.75) is 32.7 Å². The maximum Gasteiger partial charge on any atom is 0.255 e. The van der Waals surface area contributed by atoms with Gasteiger partial charge in [-0.3, -0.25) is 9.59 Å². The molecule has 24 heavy (non-hydrogen) atoms. The van der Waals surface area contributed by atoms with Gasteiger partial charge in [-0.05, 0) is 18.9 Å². The molecule has 0 aliphatic carbocycles. The van der Waals surface area contributed by atoms with Gasteiger partial charge in [0.25, 0.3) is 11.5 Å². The molecule has 7 heteroatoms. The predicted octanol–water partition coefficient (Wildman–Crippen LogP) is 2.48. The number of thiophene rings is 1. The molecule has 0 aromatic carbocycles. The Hall–Kier alpha value is -1.99. The fourth-order valence-electron chi connectivity index (χ4n) is 2.80. The minimum Gasteiger partial charge on any atom is -0.377 e. The van der Waals surface area contributed by atoms with Crippen LogP contribution in [0, 0.1) is 6.92 Å². The molecule has 6 nitrogen and oxygen atoms in total. The van der Waals surface area contributed by atoms with Crippen LogP contribution in [0.4, 0.5) is 0 Å². The molecule has 1 amide bonds. The molecule has 2 aromatic rings. The summed E-state index contributed by atoms with van der Waals surface area (Å²) in [7, 11) is 0. The summed E-state index contributed by atoms with van der Waals surface area (Å²) in [6, 6.07) is 3.06. The number of hydrogen-bond acceptors (Lipinski definition) is 5. The van der Waals surface area contributed by atoms with E-state index in [0.29, 0.717) is 42.8 Å². The van der Waals surface area contributed by atoms with Gasteiger partial charge in [-0.1, -0.05) is 13.8 Å². The maximum absolute atomic E-state index is 13.0. The van der Waals surface area contributed by atoms with E-state index >= 15 is 0 Å². The van der Waals surface area contributed by atoms with Gasteiger partial charge in [-0.25, -0.2) is 4.98 Å².